The van der Waals surface area contributed by atoms with Crippen LogP contribution in [0.25, 0.3) is 11.2 Å². The monoisotopic (exact) mass is 451 g/mol. The summed E-state index contributed by atoms with van der Waals surface area (Å²) < 4.78 is 7.24. The van der Waals surface area contributed by atoms with Crippen molar-refractivity contribution in [1.82, 2.24) is 24.8 Å². The summed E-state index contributed by atoms with van der Waals surface area (Å²) in [7, 11) is 1.47. The number of aliphatic hydroxyl groups is 1. The number of hydrogen-bond acceptors (Lipinski definition) is 8. The number of amides is 1. The van der Waals surface area contributed by atoms with Crippen molar-refractivity contribution in [2.24, 2.45) is 5.73 Å². The first-order chi connectivity index (χ1) is 14.4. The van der Waals surface area contributed by atoms with Gasteiger partial charge in [0.25, 0.3) is 5.91 Å². The fourth-order valence-corrected chi connectivity index (χ4v) is 3.70. The van der Waals surface area contributed by atoms with E-state index in [1.165, 1.54) is 24.3 Å². The summed E-state index contributed by atoms with van der Waals surface area (Å²) in [4.78, 5) is 24.8. The van der Waals surface area contributed by atoms with Gasteiger partial charge in [0.1, 0.15) is 12.4 Å². The maximum absolute atomic E-state index is 12.0. The van der Waals surface area contributed by atoms with Gasteiger partial charge in [0.05, 0.1) is 12.4 Å². The van der Waals surface area contributed by atoms with Gasteiger partial charge in [0.2, 0.25) is 0 Å². The van der Waals surface area contributed by atoms with E-state index in [0.717, 1.165) is 5.56 Å². The number of hydrogen-bond donors (Lipinski definition) is 4. The largest absolute Gasteiger partial charge is 0.387 e. The Balaban J connectivity index is 1.61. The highest BCUT2D eigenvalue weighted by molar-refractivity contribution is 6.33. The van der Waals surface area contributed by atoms with E-state index in [1.54, 1.807) is 18.2 Å². The molecule has 5 N–H and O–H groups in total. The number of fused-ring (bicyclic) bond motifs is 1. The van der Waals surface area contributed by atoms with E-state index in [4.69, 9.17) is 33.7 Å². The number of ether oxygens (including phenoxy) is 1. The van der Waals surface area contributed by atoms with Gasteiger partial charge in [0, 0.05) is 23.6 Å². The Kier molecular flexibility index (Phi) is 5.76. The van der Waals surface area contributed by atoms with Gasteiger partial charge in [-0.15, -0.1) is 0 Å². The second-order valence-corrected chi connectivity index (χ2v) is 7.61. The first kappa shape index (κ1) is 20.8. The topological polar surface area (TPSA) is 140 Å². The van der Waals surface area contributed by atoms with Gasteiger partial charge < -0.3 is 26.2 Å². The normalized spacial score (nSPS) is 23.6. The molecule has 1 unspecified atom stereocenters. The molecule has 1 aromatic carbocycles. The molecule has 0 aliphatic carbocycles. The summed E-state index contributed by atoms with van der Waals surface area (Å²) in [6, 6.07) is 4.30. The summed E-state index contributed by atoms with van der Waals surface area (Å²) in [5.74, 6) is 0.0540. The molecule has 3 aromatic rings. The van der Waals surface area contributed by atoms with Gasteiger partial charge in [0.15, 0.2) is 29.3 Å². The molecule has 0 saturated carbocycles. The molecule has 12 heteroatoms. The number of likely N-dealkylation sites (N-methyl/N-ethyl adjacent to an activating group) is 1. The molecule has 30 heavy (non-hydrogen) atoms. The minimum atomic E-state index is -1.12. The summed E-state index contributed by atoms with van der Waals surface area (Å²) in [5.41, 5.74) is 7.64. The SMILES string of the molecule is CNC(=O)[C@H]1OC(n2cnc3c(NCc4cc(Cl)ccc4Cl)ncnc32)[C@H](O)[C@@H]1N. The standard InChI is InChI=1S/C18H19Cl2N7O3/c1-22-17(29)14-11(21)13(28)18(30-14)27-7-26-12-15(24-6-25-16(12)27)23-5-8-4-9(19)2-3-10(8)20/h2-4,6-7,11,13-14,18,28H,5,21H2,1H3,(H,22,29)(H,23,24,25)/t11-,13+,14-,18?/m0/s1. The number of nitrogens with one attached hydrogen (secondary N) is 2. The summed E-state index contributed by atoms with van der Waals surface area (Å²) in [6.07, 6.45) is -0.209. The van der Waals surface area contributed by atoms with Crippen LogP contribution in [-0.2, 0) is 16.1 Å². The number of carbonyl (C=O) groups is 1. The van der Waals surface area contributed by atoms with Crippen molar-refractivity contribution in [2.75, 3.05) is 12.4 Å². The van der Waals surface area contributed by atoms with E-state index in [-0.39, 0.29) is 0 Å². The molecule has 10 nitrogen and oxygen atoms in total. The Labute approximate surface area is 181 Å². The van der Waals surface area contributed by atoms with Gasteiger partial charge in [-0.1, -0.05) is 23.2 Å². The minimum absolute atomic E-state index is 0.366. The lowest BCUT2D eigenvalue weighted by Gasteiger charge is -2.16. The molecule has 0 bridgehead atoms. The van der Waals surface area contributed by atoms with E-state index in [1.807, 2.05) is 0 Å². The molecule has 4 rings (SSSR count). The van der Waals surface area contributed by atoms with Crippen molar-refractivity contribution < 1.29 is 14.6 Å². The molecule has 3 heterocycles. The van der Waals surface area contributed by atoms with Crippen LogP contribution >= 0.6 is 23.2 Å². The van der Waals surface area contributed by atoms with Gasteiger partial charge >= 0.3 is 0 Å². The lowest BCUT2D eigenvalue weighted by molar-refractivity contribution is -0.134. The zero-order valence-electron chi connectivity index (χ0n) is 15.8. The van der Waals surface area contributed by atoms with Gasteiger partial charge in [-0.3, -0.25) is 9.36 Å². The predicted octanol–water partition coefficient (Wildman–Crippen LogP) is 1.08. The molecule has 2 aromatic heterocycles. The quantitative estimate of drug-likeness (QED) is 0.451. The van der Waals surface area contributed by atoms with E-state index in [9.17, 15) is 9.90 Å². The zero-order chi connectivity index (χ0) is 21.4. The maximum Gasteiger partial charge on any atom is 0.250 e. The third kappa shape index (κ3) is 3.68. The number of halogens is 2. The van der Waals surface area contributed by atoms with Gasteiger partial charge in [-0.05, 0) is 23.8 Å². The lowest BCUT2D eigenvalue weighted by atomic mass is 10.1. The third-order valence-electron chi connectivity index (χ3n) is 4.91. The molecule has 158 valence electrons. The molecular formula is C18H19Cl2N7O3. The predicted molar refractivity (Wildman–Crippen MR) is 111 cm³/mol. The number of imidazole rings is 1. The number of benzene rings is 1. The molecule has 0 spiro atoms. The number of rotatable bonds is 5. The highest BCUT2D eigenvalue weighted by Crippen LogP contribution is 2.31. The van der Waals surface area contributed by atoms with Crippen LogP contribution in [0.1, 0.15) is 11.8 Å². The van der Waals surface area contributed by atoms with Crippen molar-refractivity contribution in [3.63, 3.8) is 0 Å². The highest BCUT2D eigenvalue weighted by atomic mass is 35.5. The van der Waals surface area contributed by atoms with Gasteiger partial charge in [-0.25, -0.2) is 15.0 Å². The van der Waals surface area contributed by atoms with Crippen LogP contribution in [0.2, 0.25) is 10.0 Å². The minimum Gasteiger partial charge on any atom is -0.387 e. The number of anilines is 1. The number of nitrogens with two attached hydrogens (primary N) is 1. The van der Waals surface area contributed by atoms with Gasteiger partial charge in [-0.2, -0.15) is 0 Å². The molecular weight excluding hydrogens is 433 g/mol. The number of aliphatic hydroxyl groups excluding tert-OH is 1. The first-order valence-electron chi connectivity index (χ1n) is 9.06. The molecule has 1 aliphatic rings. The average Bonchev–Trinajstić information content (AvgIpc) is 3.30. The van der Waals surface area contributed by atoms with Crippen LogP contribution in [0.4, 0.5) is 5.82 Å². The molecule has 1 amide bonds. The Morgan fingerprint density at radius 3 is 2.90 bits per heavy atom. The molecule has 1 saturated heterocycles. The van der Waals surface area contributed by atoms with Crippen LogP contribution < -0.4 is 16.4 Å². The third-order valence-corrected chi connectivity index (χ3v) is 5.52. The van der Waals surface area contributed by atoms with Crippen LogP contribution in [0.5, 0.6) is 0 Å². The number of carbonyl (C=O) groups excluding carboxylic acids is 1. The Hall–Kier alpha value is -2.50. The zero-order valence-corrected chi connectivity index (χ0v) is 17.3. The second kappa shape index (κ2) is 8.32. The molecule has 1 fully saturated rings. The average molecular weight is 452 g/mol. The van der Waals surface area contributed by atoms with E-state index >= 15 is 0 Å². The molecule has 4 atom stereocenters. The van der Waals surface area contributed by atoms with Crippen LogP contribution in [0.15, 0.2) is 30.9 Å². The summed E-state index contributed by atoms with van der Waals surface area (Å²) >= 11 is 12.2. The van der Waals surface area contributed by atoms with Crippen LogP contribution in [0.3, 0.4) is 0 Å². The Morgan fingerprint density at radius 1 is 1.33 bits per heavy atom. The smallest absolute Gasteiger partial charge is 0.250 e. The van der Waals surface area contributed by atoms with Crippen molar-refractivity contribution >= 4 is 46.1 Å². The Bertz CT molecular complexity index is 1090. The van der Waals surface area contributed by atoms with Crippen molar-refractivity contribution in [3.8, 4) is 0 Å². The van der Waals surface area contributed by atoms with Crippen molar-refractivity contribution in [3.05, 3.63) is 46.5 Å². The second-order valence-electron chi connectivity index (χ2n) is 6.77. The fourth-order valence-electron chi connectivity index (χ4n) is 3.32. The molecule has 0 radical (unpaired) electrons. The Morgan fingerprint density at radius 2 is 2.13 bits per heavy atom. The molecule has 1 aliphatic heterocycles. The lowest BCUT2D eigenvalue weighted by Crippen LogP contribution is -2.46. The van der Waals surface area contributed by atoms with Crippen molar-refractivity contribution in [2.45, 2.75) is 31.0 Å². The maximum atomic E-state index is 12.0. The number of nitrogens with zero attached hydrogens (tertiary/aromatic N) is 4. The van der Waals surface area contributed by atoms with Crippen molar-refractivity contribution in [1.29, 1.82) is 0 Å². The van der Waals surface area contributed by atoms with E-state index in [2.05, 4.69) is 25.6 Å². The van der Waals surface area contributed by atoms with Crippen LogP contribution in [0, 0.1) is 0 Å². The van der Waals surface area contributed by atoms with E-state index in [0.29, 0.717) is 33.6 Å². The number of aromatic nitrogens is 4. The van der Waals surface area contributed by atoms with Crippen LogP contribution in [-0.4, -0.2) is 55.8 Å². The highest BCUT2D eigenvalue weighted by Gasteiger charge is 2.46. The first-order valence-corrected chi connectivity index (χ1v) is 9.82. The van der Waals surface area contributed by atoms with E-state index < -0.39 is 30.4 Å². The fraction of sp³-hybridized carbons (Fsp3) is 0.333. The summed E-state index contributed by atoms with van der Waals surface area (Å²) in [5, 5.41) is 17.3. The summed E-state index contributed by atoms with van der Waals surface area (Å²) in [6.45, 7) is 0.366.